The molecule has 2 nitrogen and oxygen atoms in total. The average molecular weight is 334 g/mol. The number of benzene rings is 2. The Balaban J connectivity index is 2.37. The highest BCUT2D eigenvalue weighted by molar-refractivity contribution is 6.36. The van der Waals surface area contributed by atoms with Crippen LogP contribution in [0, 0.1) is 5.82 Å². The summed E-state index contributed by atoms with van der Waals surface area (Å²) >= 11 is 18.2. The number of rotatable bonds is 4. The second-order valence-corrected chi connectivity index (χ2v) is 5.46. The van der Waals surface area contributed by atoms with Gasteiger partial charge in [-0.1, -0.05) is 53.0 Å². The van der Waals surface area contributed by atoms with Gasteiger partial charge < -0.3 is 0 Å². The van der Waals surface area contributed by atoms with Crippen LogP contribution in [-0.2, 0) is 6.42 Å². The van der Waals surface area contributed by atoms with Crippen LogP contribution in [-0.4, -0.2) is 0 Å². The molecule has 0 aliphatic heterocycles. The largest absolute Gasteiger partial charge is 0.271 e. The lowest BCUT2D eigenvalue weighted by Gasteiger charge is -2.19. The average Bonchev–Trinajstić information content (AvgIpc) is 2.42. The van der Waals surface area contributed by atoms with E-state index in [9.17, 15) is 4.39 Å². The second-order valence-electron chi connectivity index (χ2n) is 4.27. The molecule has 0 saturated carbocycles. The number of hydrogen-bond donors (Lipinski definition) is 2. The third-order valence-corrected chi connectivity index (χ3v) is 4.13. The summed E-state index contributed by atoms with van der Waals surface area (Å²) in [4.78, 5) is 0. The first kappa shape index (κ1) is 15.5. The van der Waals surface area contributed by atoms with Crippen molar-refractivity contribution in [3.63, 3.8) is 0 Å². The first-order valence-electron chi connectivity index (χ1n) is 5.87. The lowest BCUT2D eigenvalue weighted by Crippen LogP contribution is -2.30. The highest BCUT2D eigenvalue weighted by Crippen LogP contribution is 2.32. The zero-order valence-corrected chi connectivity index (χ0v) is 12.6. The Morgan fingerprint density at radius 1 is 1.05 bits per heavy atom. The van der Waals surface area contributed by atoms with Crippen LogP contribution >= 0.6 is 34.8 Å². The van der Waals surface area contributed by atoms with Gasteiger partial charge in [0, 0.05) is 10.0 Å². The van der Waals surface area contributed by atoms with Crippen LogP contribution in [0.25, 0.3) is 0 Å². The summed E-state index contributed by atoms with van der Waals surface area (Å²) in [5.41, 5.74) is 3.92. The van der Waals surface area contributed by atoms with Crippen molar-refractivity contribution < 1.29 is 4.39 Å². The minimum absolute atomic E-state index is 0.0404. The zero-order valence-electron chi connectivity index (χ0n) is 10.3. The summed E-state index contributed by atoms with van der Waals surface area (Å²) in [5.74, 6) is 5.06. The fraction of sp³-hybridized carbons (Fsp3) is 0.143. The van der Waals surface area contributed by atoms with E-state index >= 15 is 0 Å². The minimum Gasteiger partial charge on any atom is -0.271 e. The smallest absolute Gasteiger partial charge is 0.142 e. The maximum atomic E-state index is 13.5. The van der Waals surface area contributed by atoms with Gasteiger partial charge in [-0.05, 0) is 35.7 Å². The van der Waals surface area contributed by atoms with Crippen molar-refractivity contribution in [2.75, 3.05) is 0 Å². The normalized spacial score (nSPS) is 12.4. The summed E-state index contributed by atoms with van der Waals surface area (Å²) in [6, 6.07) is 9.43. The Bertz CT molecular complexity index is 599. The Morgan fingerprint density at radius 2 is 1.65 bits per heavy atom. The van der Waals surface area contributed by atoms with Crippen molar-refractivity contribution in [1.29, 1.82) is 0 Å². The van der Waals surface area contributed by atoms with E-state index in [1.54, 1.807) is 30.3 Å². The molecule has 0 heterocycles. The monoisotopic (exact) mass is 332 g/mol. The van der Waals surface area contributed by atoms with Crippen LogP contribution in [0.3, 0.4) is 0 Å². The summed E-state index contributed by atoms with van der Waals surface area (Å²) in [6.45, 7) is 0. The summed E-state index contributed by atoms with van der Waals surface area (Å²) in [7, 11) is 0. The van der Waals surface area contributed by atoms with Gasteiger partial charge in [0.25, 0.3) is 0 Å². The molecule has 6 heteroatoms. The number of hydrazine groups is 1. The molecule has 0 spiro atoms. The van der Waals surface area contributed by atoms with Crippen LogP contribution in [0.2, 0.25) is 15.1 Å². The predicted octanol–water partition coefficient (Wildman–Crippen LogP) is 4.53. The molecule has 1 atom stereocenters. The van der Waals surface area contributed by atoms with Gasteiger partial charge in [0.05, 0.1) is 11.1 Å². The highest BCUT2D eigenvalue weighted by atomic mass is 35.5. The molecule has 3 N–H and O–H groups in total. The van der Waals surface area contributed by atoms with Gasteiger partial charge >= 0.3 is 0 Å². The molecule has 2 aromatic rings. The highest BCUT2D eigenvalue weighted by Gasteiger charge is 2.18. The van der Waals surface area contributed by atoms with E-state index in [2.05, 4.69) is 5.43 Å². The number of halogens is 4. The van der Waals surface area contributed by atoms with E-state index < -0.39 is 11.9 Å². The molecule has 0 fully saturated rings. The van der Waals surface area contributed by atoms with Gasteiger partial charge in [-0.2, -0.15) is 0 Å². The molecule has 0 aliphatic carbocycles. The minimum atomic E-state index is -0.491. The molecular formula is C14H12Cl3FN2. The molecular weight excluding hydrogens is 322 g/mol. The lowest BCUT2D eigenvalue weighted by atomic mass is 9.99. The molecule has 0 saturated heterocycles. The van der Waals surface area contributed by atoms with Crippen molar-refractivity contribution in [3.05, 3.63) is 68.4 Å². The van der Waals surface area contributed by atoms with Crippen molar-refractivity contribution in [3.8, 4) is 0 Å². The Hall–Kier alpha value is -0.840. The molecule has 0 bridgehead atoms. The number of hydrogen-bond acceptors (Lipinski definition) is 2. The van der Waals surface area contributed by atoms with Crippen LogP contribution < -0.4 is 11.3 Å². The van der Waals surface area contributed by atoms with Gasteiger partial charge in [-0.3, -0.25) is 11.3 Å². The third kappa shape index (κ3) is 3.25. The van der Waals surface area contributed by atoms with E-state index in [0.717, 1.165) is 5.56 Å². The fourth-order valence-electron chi connectivity index (χ4n) is 1.98. The summed E-state index contributed by atoms with van der Waals surface area (Å²) in [5, 5.41) is 1.11. The molecule has 1 unspecified atom stereocenters. The van der Waals surface area contributed by atoms with E-state index in [1.807, 2.05) is 0 Å². The standard InChI is InChI=1S/C14H12Cl3FN2/c15-10-4-2-5-11(16)9(10)7-13(20-19)8-3-1-6-12(18)14(8)17/h1-6,13,20H,7,19H2. The third-order valence-electron chi connectivity index (χ3n) is 3.03. The molecule has 2 aromatic carbocycles. The second kappa shape index (κ2) is 6.74. The molecule has 2 rings (SSSR count). The molecule has 0 radical (unpaired) electrons. The molecule has 0 aromatic heterocycles. The van der Waals surface area contributed by atoms with E-state index in [-0.39, 0.29) is 5.02 Å². The summed E-state index contributed by atoms with van der Waals surface area (Å²) in [6.07, 6.45) is 0.401. The fourth-order valence-corrected chi connectivity index (χ4v) is 2.79. The molecule has 0 aliphatic rings. The zero-order chi connectivity index (χ0) is 14.7. The van der Waals surface area contributed by atoms with Gasteiger partial charge in [-0.25, -0.2) is 4.39 Å². The van der Waals surface area contributed by atoms with Crippen LogP contribution in [0.1, 0.15) is 17.2 Å². The first-order valence-corrected chi connectivity index (χ1v) is 7.01. The van der Waals surface area contributed by atoms with E-state index in [4.69, 9.17) is 40.6 Å². The number of nitrogens with one attached hydrogen (secondary N) is 1. The van der Waals surface area contributed by atoms with Gasteiger partial charge in [0.15, 0.2) is 0 Å². The summed E-state index contributed by atoms with van der Waals surface area (Å²) < 4.78 is 13.5. The topological polar surface area (TPSA) is 38.0 Å². The van der Waals surface area contributed by atoms with Gasteiger partial charge in [0.2, 0.25) is 0 Å². The Labute approximate surface area is 131 Å². The van der Waals surface area contributed by atoms with E-state index in [0.29, 0.717) is 22.0 Å². The maximum absolute atomic E-state index is 13.5. The predicted molar refractivity (Wildman–Crippen MR) is 81.6 cm³/mol. The van der Waals surface area contributed by atoms with Crippen LogP contribution in [0.4, 0.5) is 4.39 Å². The maximum Gasteiger partial charge on any atom is 0.142 e. The quantitative estimate of drug-likeness (QED) is 0.637. The molecule has 0 amide bonds. The number of nitrogens with two attached hydrogens (primary N) is 1. The first-order chi connectivity index (χ1) is 9.54. The molecule has 20 heavy (non-hydrogen) atoms. The Kier molecular flexibility index (Phi) is 5.24. The van der Waals surface area contributed by atoms with Gasteiger partial charge in [0.1, 0.15) is 5.82 Å². The molecule has 106 valence electrons. The van der Waals surface area contributed by atoms with Crippen molar-refractivity contribution in [2.24, 2.45) is 5.84 Å². The van der Waals surface area contributed by atoms with Crippen LogP contribution in [0.15, 0.2) is 36.4 Å². The lowest BCUT2D eigenvalue weighted by molar-refractivity contribution is 0.545. The Morgan fingerprint density at radius 3 is 2.25 bits per heavy atom. The van der Waals surface area contributed by atoms with Crippen molar-refractivity contribution >= 4 is 34.8 Å². The van der Waals surface area contributed by atoms with Gasteiger partial charge in [-0.15, -0.1) is 0 Å². The SMILES string of the molecule is NNC(Cc1c(Cl)cccc1Cl)c1cccc(F)c1Cl. The van der Waals surface area contributed by atoms with Crippen LogP contribution in [0.5, 0.6) is 0 Å². The van der Waals surface area contributed by atoms with E-state index in [1.165, 1.54) is 6.07 Å². The van der Waals surface area contributed by atoms with Crippen molar-refractivity contribution in [2.45, 2.75) is 12.5 Å². The van der Waals surface area contributed by atoms with Crippen molar-refractivity contribution in [1.82, 2.24) is 5.43 Å².